The summed E-state index contributed by atoms with van der Waals surface area (Å²) in [5, 5.41) is 13.7. The van der Waals surface area contributed by atoms with Gasteiger partial charge in [-0.25, -0.2) is 0 Å². The third-order valence-corrected chi connectivity index (χ3v) is 6.42. The highest BCUT2D eigenvalue weighted by Gasteiger charge is 2.26. The average molecular weight is 506 g/mol. The maximum atomic E-state index is 13.4. The van der Waals surface area contributed by atoms with Crippen LogP contribution in [-0.2, 0) is 9.59 Å². The molecule has 37 heavy (non-hydrogen) atoms. The first kappa shape index (κ1) is 26.2. The minimum Gasteiger partial charge on any atom is -0.353 e. The second-order valence-electron chi connectivity index (χ2n) is 9.19. The van der Waals surface area contributed by atoms with Crippen LogP contribution in [-0.4, -0.2) is 78.3 Å². The Balaban J connectivity index is 1.50. The van der Waals surface area contributed by atoms with Crippen LogP contribution in [0.5, 0.6) is 0 Å². The number of likely N-dealkylation sites (N-methyl/N-ethyl adjacent to an activating group) is 2. The number of carbonyl (C=O) groups excluding carboxylic acids is 2. The number of hydrogen-bond donors (Lipinski definition) is 2. The molecule has 1 aliphatic heterocycles. The number of nitrogens with zero attached hydrogens (tertiary/aromatic N) is 5. The molecular formula is C27H35N7O3. The Kier molecular flexibility index (Phi) is 8.39. The number of hydrazine groups is 1. The SMILES string of the molecule is CCNCCNC(=O)CN(CC(=O)N(C)N1C=C2CC=CC=C2C1)c1ccc(-c2noc(C)n2)cc1C. The smallest absolute Gasteiger partial charge is 0.260 e. The van der Waals surface area contributed by atoms with Crippen LogP contribution in [0.4, 0.5) is 5.69 Å². The number of carbonyl (C=O) groups is 2. The topological polar surface area (TPSA) is 107 Å². The highest BCUT2D eigenvalue weighted by Crippen LogP contribution is 2.29. The monoisotopic (exact) mass is 505 g/mol. The predicted octanol–water partition coefficient (Wildman–Crippen LogP) is 2.34. The second kappa shape index (κ2) is 11.9. The van der Waals surface area contributed by atoms with Crippen LogP contribution >= 0.6 is 0 Å². The molecule has 0 radical (unpaired) electrons. The Labute approximate surface area is 217 Å². The average Bonchev–Trinajstić information content (AvgIpc) is 3.52. The Morgan fingerprint density at radius 2 is 2.00 bits per heavy atom. The number of allylic oxidation sites excluding steroid dienone is 3. The number of aromatic nitrogens is 2. The van der Waals surface area contributed by atoms with E-state index in [1.165, 1.54) is 11.1 Å². The number of rotatable bonds is 11. The molecule has 0 fully saturated rings. The molecule has 196 valence electrons. The summed E-state index contributed by atoms with van der Waals surface area (Å²) in [6.07, 6.45) is 9.15. The Morgan fingerprint density at radius 3 is 2.70 bits per heavy atom. The summed E-state index contributed by atoms with van der Waals surface area (Å²) < 4.78 is 5.11. The first-order chi connectivity index (χ1) is 17.9. The van der Waals surface area contributed by atoms with Crippen molar-refractivity contribution in [1.82, 2.24) is 30.8 Å². The fourth-order valence-electron chi connectivity index (χ4n) is 4.40. The van der Waals surface area contributed by atoms with Crippen molar-refractivity contribution in [2.24, 2.45) is 0 Å². The fraction of sp³-hybridized carbons (Fsp3) is 0.407. The van der Waals surface area contributed by atoms with Crippen molar-refractivity contribution < 1.29 is 14.1 Å². The van der Waals surface area contributed by atoms with Crippen molar-refractivity contribution >= 4 is 17.5 Å². The Bertz CT molecular complexity index is 1230. The summed E-state index contributed by atoms with van der Waals surface area (Å²) in [5.41, 5.74) is 4.96. The Morgan fingerprint density at radius 1 is 1.16 bits per heavy atom. The van der Waals surface area contributed by atoms with E-state index in [2.05, 4.69) is 39.0 Å². The first-order valence-corrected chi connectivity index (χ1v) is 12.6. The van der Waals surface area contributed by atoms with E-state index in [0.717, 1.165) is 29.8 Å². The van der Waals surface area contributed by atoms with E-state index in [0.29, 0.717) is 31.3 Å². The minimum absolute atomic E-state index is 0.0512. The lowest BCUT2D eigenvalue weighted by atomic mass is 10.0. The molecule has 0 atom stereocenters. The number of nitrogens with one attached hydrogen (secondary N) is 2. The highest BCUT2D eigenvalue weighted by molar-refractivity contribution is 5.87. The summed E-state index contributed by atoms with van der Waals surface area (Å²) >= 11 is 0. The van der Waals surface area contributed by atoms with E-state index in [4.69, 9.17) is 4.52 Å². The van der Waals surface area contributed by atoms with Gasteiger partial charge in [0.2, 0.25) is 17.6 Å². The molecule has 0 saturated carbocycles. The molecule has 2 aromatic rings. The van der Waals surface area contributed by atoms with Crippen molar-refractivity contribution in [1.29, 1.82) is 0 Å². The van der Waals surface area contributed by atoms with Gasteiger partial charge in [0.1, 0.15) is 0 Å². The van der Waals surface area contributed by atoms with Gasteiger partial charge < -0.3 is 20.1 Å². The quantitative estimate of drug-likeness (QED) is 0.448. The van der Waals surface area contributed by atoms with Gasteiger partial charge in [-0.1, -0.05) is 30.3 Å². The van der Waals surface area contributed by atoms with Gasteiger partial charge in [0.05, 0.1) is 19.6 Å². The molecule has 4 rings (SSSR count). The Hall–Kier alpha value is -3.92. The van der Waals surface area contributed by atoms with Gasteiger partial charge in [0.15, 0.2) is 0 Å². The molecule has 1 aliphatic carbocycles. The molecule has 0 saturated heterocycles. The molecule has 0 spiro atoms. The van der Waals surface area contributed by atoms with E-state index >= 15 is 0 Å². The summed E-state index contributed by atoms with van der Waals surface area (Å²) in [4.78, 5) is 32.3. The van der Waals surface area contributed by atoms with Gasteiger partial charge in [-0.05, 0) is 54.8 Å². The zero-order valence-electron chi connectivity index (χ0n) is 22.0. The maximum Gasteiger partial charge on any atom is 0.260 e. The normalized spacial score (nSPS) is 14.2. The minimum atomic E-state index is -0.142. The largest absolute Gasteiger partial charge is 0.353 e. The van der Waals surface area contributed by atoms with Crippen molar-refractivity contribution in [2.45, 2.75) is 27.2 Å². The standard InChI is InChI=1S/C27H35N7O3/c1-5-28-12-13-29-25(35)17-33(24-11-10-21(14-19(24)2)27-30-20(3)37-31-27)18-26(36)32(4)34-15-22-8-6-7-9-23(22)16-34/h6-8,10-11,14,16,28H,5,9,12-13,15,17-18H2,1-4H3,(H,29,35). The molecule has 2 aliphatic rings. The van der Waals surface area contributed by atoms with E-state index in [-0.39, 0.29) is 24.9 Å². The lowest BCUT2D eigenvalue weighted by Crippen LogP contribution is -2.48. The van der Waals surface area contributed by atoms with Crippen LogP contribution in [0.1, 0.15) is 24.8 Å². The summed E-state index contributed by atoms with van der Waals surface area (Å²) in [6, 6.07) is 5.73. The number of benzene rings is 1. The van der Waals surface area contributed by atoms with Gasteiger partial charge in [0, 0.05) is 44.5 Å². The van der Waals surface area contributed by atoms with E-state index in [1.54, 1.807) is 19.0 Å². The molecule has 1 aromatic carbocycles. The molecule has 0 bridgehead atoms. The molecule has 2 N–H and O–H groups in total. The molecule has 0 unspecified atom stereocenters. The summed E-state index contributed by atoms with van der Waals surface area (Å²) in [6.45, 7) is 8.54. The van der Waals surface area contributed by atoms with Gasteiger partial charge in [0.25, 0.3) is 5.91 Å². The second-order valence-corrected chi connectivity index (χ2v) is 9.19. The van der Waals surface area contributed by atoms with Crippen LogP contribution in [0.25, 0.3) is 11.4 Å². The number of hydrogen-bond acceptors (Lipinski definition) is 8. The van der Waals surface area contributed by atoms with Crippen LogP contribution in [0.2, 0.25) is 0 Å². The van der Waals surface area contributed by atoms with Gasteiger partial charge >= 0.3 is 0 Å². The van der Waals surface area contributed by atoms with E-state index < -0.39 is 0 Å². The molecule has 2 amide bonds. The van der Waals surface area contributed by atoms with Crippen LogP contribution in [0.3, 0.4) is 0 Å². The number of fused-ring (bicyclic) bond motifs is 1. The lowest BCUT2D eigenvalue weighted by Gasteiger charge is -2.32. The molecule has 10 nitrogen and oxygen atoms in total. The zero-order valence-corrected chi connectivity index (χ0v) is 22.0. The van der Waals surface area contributed by atoms with Crippen molar-refractivity contribution in [3.63, 3.8) is 0 Å². The maximum absolute atomic E-state index is 13.4. The molecule has 10 heteroatoms. The van der Waals surface area contributed by atoms with Gasteiger partial charge in [-0.2, -0.15) is 4.98 Å². The first-order valence-electron chi connectivity index (χ1n) is 12.6. The lowest BCUT2D eigenvalue weighted by molar-refractivity contribution is -0.139. The fourth-order valence-corrected chi connectivity index (χ4v) is 4.40. The van der Waals surface area contributed by atoms with Crippen LogP contribution in [0.15, 0.2) is 58.3 Å². The van der Waals surface area contributed by atoms with Crippen LogP contribution < -0.4 is 15.5 Å². The van der Waals surface area contributed by atoms with E-state index in [9.17, 15) is 9.59 Å². The molecule has 2 heterocycles. The third-order valence-electron chi connectivity index (χ3n) is 6.42. The van der Waals surface area contributed by atoms with Crippen molar-refractivity contribution in [2.75, 3.05) is 51.2 Å². The zero-order chi connectivity index (χ0) is 26.4. The third kappa shape index (κ3) is 6.45. The number of anilines is 1. The van der Waals surface area contributed by atoms with Crippen molar-refractivity contribution in [3.8, 4) is 11.4 Å². The number of amides is 2. The van der Waals surface area contributed by atoms with Crippen LogP contribution in [0, 0.1) is 13.8 Å². The molecular weight excluding hydrogens is 470 g/mol. The van der Waals surface area contributed by atoms with Gasteiger partial charge in [-0.15, -0.1) is 0 Å². The summed E-state index contributed by atoms with van der Waals surface area (Å²) in [7, 11) is 1.77. The number of aryl methyl sites for hydroxylation is 2. The molecule has 1 aromatic heterocycles. The summed E-state index contributed by atoms with van der Waals surface area (Å²) in [5.74, 6) is 0.741. The predicted molar refractivity (Wildman–Crippen MR) is 142 cm³/mol. The van der Waals surface area contributed by atoms with Gasteiger partial charge in [-0.3, -0.25) is 19.6 Å². The highest BCUT2D eigenvalue weighted by atomic mass is 16.5. The van der Waals surface area contributed by atoms with Crippen molar-refractivity contribution in [3.05, 3.63) is 65.2 Å². The van der Waals surface area contributed by atoms with E-state index in [1.807, 2.05) is 48.2 Å².